The van der Waals surface area contributed by atoms with Crippen LogP contribution in [-0.4, -0.2) is 62.7 Å². The van der Waals surface area contributed by atoms with Gasteiger partial charge >= 0.3 is 0 Å². The Hall–Kier alpha value is -0.630. The molecule has 0 bridgehead atoms. The average Bonchev–Trinajstić information content (AvgIpc) is 3.16. The van der Waals surface area contributed by atoms with Gasteiger partial charge in [-0.2, -0.15) is 0 Å². The van der Waals surface area contributed by atoms with Crippen molar-refractivity contribution in [3.63, 3.8) is 0 Å². The Labute approximate surface area is 145 Å². The molecule has 0 aromatic rings. The quantitative estimate of drug-likeness (QED) is 0.638. The maximum atomic E-state index is 12.6. The number of hydrogen-bond acceptors (Lipinski definition) is 5. The Morgan fingerprint density at radius 3 is 2.38 bits per heavy atom. The molecule has 0 spiro atoms. The summed E-state index contributed by atoms with van der Waals surface area (Å²) in [6.07, 6.45) is 5.45. The van der Waals surface area contributed by atoms with E-state index in [0.717, 1.165) is 25.7 Å². The molecule has 1 unspecified atom stereocenters. The molecule has 140 valence electrons. The van der Waals surface area contributed by atoms with E-state index in [1.54, 1.807) is 4.90 Å². The normalized spacial score (nSPS) is 24.3. The van der Waals surface area contributed by atoms with Gasteiger partial charge in [0.05, 0.1) is 22.5 Å². The van der Waals surface area contributed by atoms with Gasteiger partial charge < -0.3 is 4.90 Å². The third kappa shape index (κ3) is 5.18. The van der Waals surface area contributed by atoms with Crippen LogP contribution >= 0.6 is 0 Å². The van der Waals surface area contributed by atoms with Gasteiger partial charge in [0.25, 0.3) is 0 Å². The summed E-state index contributed by atoms with van der Waals surface area (Å²) in [4.78, 5) is 14.2. The first-order valence-corrected chi connectivity index (χ1v) is 12.5. The highest BCUT2D eigenvalue weighted by atomic mass is 32.2. The van der Waals surface area contributed by atoms with Gasteiger partial charge in [-0.3, -0.25) is 4.79 Å². The first kappa shape index (κ1) is 19.7. The molecule has 24 heavy (non-hydrogen) atoms. The van der Waals surface area contributed by atoms with Gasteiger partial charge in [0.2, 0.25) is 5.91 Å². The van der Waals surface area contributed by atoms with E-state index in [0.29, 0.717) is 25.8 Å². The number of carbonyl (C=O) groups is 1. The molecule has 2 aliphatic rings. The molecule has 0 aromatic heterocycles. The largest absolute Gasteiger partial charge is 0.339 e. The number of sulfone groups is 2. The number of carbonyl (C=O) groups excluding carboxylic acids is 1. The summed E-state index contributed by atoms with van der Waals surface area (Å²) in [6.45, 7) is 2.53. The molecule has 2 fully saturated rings. The predicted molar refractivity (Wildman–Crippen MR) is 94.3 cm³/mol. The molecule has 1 saturated carbocycles. The van der Waals surface area contributed by atoms with Crippen molar-refractivity contribution in [3.05, 3.63) is 0 Å². The van der Waals surface area contributed by atoms with Crippen LogP contribution in [-0.2, 0) is 24.5 Å². The molecule has 1 atom stereocenters. The van der Waals surface area contributed by atoms with Crippen molar-refractivity contribution in [3.8, 4) is 0 Å². The molecule has 2 rings (SSSR count). The van der Waals surface area contributed by atoms with Crippen molar-refractivity contribution < 1.29 is 21.6 Å². The molecule has 0 N–H and O–H groups in total. The van der Waals surface area contributed by atoms with Gasteiger partial charge in [-0.25, -0.2) is 16.8 Å². The van der Waals surface area contributed by atoms with E-state index >= 15 is 0 Å². The molecule has 1 aliphatic carbocycles. The van der Waals surface area contributed by atoms with Crippen LogP contribution in [0, 0.1) is 0 Å². The van der Waals surface area contributed by atoms with Crippen molar-refractivity contribution in [2.45, 2.75) is 69.6 Å². The first-order chi connectivity index (χ1) is 11.2. The molecule has 6 nitrogen and oxygen atoms in total. The Balaban J connectivity index is 1.97. The van der Waals surface area contributed by atoms with E-state index in [9.17, 15) is 21.6 Å². The van der Waals surface area contributed by atoms with Crippen molar-refractivity contribution >= 4 is 25.6 Å². The maximum Gasteiger partial charge on any atom is 0.223 e. The van der Waals surface area contributed by atoms with Crippen LogP contribution in [0.15, 0.2) is 0 Å². The van der Waals surface area contributed by atoms with Gasteiger partial charge in [-0.1, -0.05) is 26.2 Å². The van der Waals surface area contributed by atoms with E-state index < -0.39 is 19.7 Å². The third-order valence-electron chi connectivity index (χ3n) is 5.13. The van der Waals surface area contributed by atoms with Gasteiger partial charge in [0.15, 0.2) is 19.7 Å². The summed E-state index contributed by atoms with van der Waals surface area (Å²) in [7, 11) is -6.29. The van der Waals surface area contributed by atoms with E-state index in [4.69, 9.17) is 0 Å². The summed E-state index contributed by atoms with van der Waals surface area (Å²) in [6, 6.07) is -0.289. The smallest absolute Gasteiger partial charge is 0.223 e. The lowest BCUT2D eigenvalue weighted by molar-refractivity contribution is -0.132. The fourth-order valence-electron chi connectivity index (χ4n) is 3.65. The Morgan fingerprint density at radius 1 is 1.17 bits per heavy atom. The Bertz CT molecular complexity index is 635. The van der Waals surface area contributed by atoms with Crippen LogP contribution in [0.1, 0.15) is 58.3 Å². The third-order valence-corrected chi connectivity index (χ3v) is 9.14. The minimum Gasteiger partial charge on any atom is -0.339 e. The molecule has 8 heteroatoms. The topological polar surface area (TPSA) is 88.6 Å². The lowest BCUT2D eigenvalue weighted by Crippen LogP contribution is -2.42. The average molecular weight is 380 g/mol. The van der Waals surface area contributed by atoms with Crippen LogP contribution in [0.5, 0.6) is 0 Å². The summed E-state index contributed by atoms with van der Waals surface area (Å²) in [5, 5.41) is -0.291. The van der Waals surface area contributed by atoms with Crippen LogP contribution < -0.4 is 0 Å². The molecule has 0 aromatic carbocycles. The first-order valence-electron chi connectivity index (χ1n) is 8.96. The van der Waals surface area contributed by atoms with Gasteiger partial charge in [-0.05, 0) is 25.7 Å². The van der Waals surface area contributed by atoms with E-state index in [1.807, 2.05) is 6.92 Å². The molecule has 1 heterocycles. The van der Waals surface area contributed by atoms with Gasteiger partial charge in [0, 0.05) is 19.0 Å². The minimum atomic E-state index is -3.22. The van der Waals surface area contributed by atoms with Crippen LogP contribution in [0.25, 0.3) is 0 Å². The fourth-order valence-corrected chi connectivity index (χ4v) is 7.22. The molecule has 0 radical (unpaired) electrons. The van der Waals surface area contributed by atoms with E-state index in [2.05, 4.69) is 0 Å². The standard InChI is InChI=1S/C16H29NO5S2/c1-2-3-10-17(14-8-11-23(19,20)13-14)16(18)9-12-24(21,22)15-6-4-5-7-15/h14-15H,2-13H2,1H3. The van der Waals surface area contributed by atoms with Crippen LogP contribution in [0.3, 0.4) is 0 Å². The predicted octanol–water partition coefficient (Wildman–Crippen LogP) is 1.55. The summed E-state index contributed by atoms with van der Waals surface area (Å²) in [5.74, 6) is -0.197. The highest BCUT2D eigenvalue weighted by molar-refractivity contribution is 7.92. The number of unbranched alkanes of at least 4 members (excludes halogenated alkanes) is 1. The van der Waals surface area contributed by atoms with Crippen molar-refractivity contribution in [2.24, 2.45) is 0 Å². The lowest BCUT2D eigenvalue weighted by Gasteiger charge is -2.28. The van der Waals surface area contributed by atoms with E-state index in [1.165, 1.54) is 0 Å². The minimum absolute atomic E-state index is 0.0117. The Kier molecular flexibility index (Phi) is 6.70. The SMILES string of the molecule is CCCCN(C(=O)CCS(=O)(=O)C1CCCC1)C1CCS(=O)(=O)C1. The second kappa shape index (κ2) is 8.17. The number of rotatable bonds is 8. The number of hydrogen-bond donors (Lipinski definition) is 0. The van der Waals surface area contributed by atoms with Crippen LogP contribution in [0.4, 0.5) is 0 Å². The maximum absolute atomic E-state index is 12.6. The number of nitrogens with zero attached hydrogens (tertiary/aromatic N) is 1. The Morgan fingerprint density at radius 2 is 1.83 bits per heavy atom. The molecular weight excluding hydrogens is 350 g/mol. The highest BCUT2D eigenvalue weighted by Crippen LogP contribution is 2.26. The summed E-state index contributed by atoms with van der Waals surface area (Å²) >= 11 is 0. The fraction of sp³-hybridized carbons (Fsp3) is 0.938. The van der Waals surface area contributed by atoms with Gasteiger partial charge in [-0.15, -0.1) is 0 Å². The number of amides is 1. The monoisotopic (exact) mass is 379 g/mol. The van der Waals surface area contributed by atoms with E-state index in [-0.39, 0.29) is 40.9 Å². The second-order valence-electron chi connectivity index (χ2n) is 7.02. The zero-order chi connectivity index (χ0) is 17.8. The van der Waals surface area contributed by atoms with Gasteiger partial charge in [0.1, 0.15) is 0 Å². The van der Waals surface area contributed by atoms with Crippen molar-refractivity contribution in [1.82, 2.24) is 4.90 Å². The van der Waals surface area contributed by atoms with Crippen molar-refractivity contribution in [2.75, 3.05) is 23.8 Å². The highest BCUT2D eigenvalue weighted by Gasteiger charge is 2.35. The summed E-state index contributed by atoms with van der Waals surface area (Å²) in [5.41, 5.74) is 0. The lowest BCUT2D eigenvalue weighted by atomic mass is 10.2. The second-order valence-corrected chi connectivity index (χ2v) is 11.7. The van der Waals surface area contributed by atoms with Crippen LogP contribution in [0.2, 0.25) is 0 Å². The zero-order valence-electron chi connectivity index (χ0n) is 14.4. The molecule has 1 amide bonds. The molecule has 1 saturated heterocycles. The zero-order valence-corrected chi connectivity index (χ0v) is 16.1. The van der Waals surface area contributed by atoms with Crippen molar-refractivity contribution in [1.29, 1.82) is 0 Å². The molecular formula is C16H29NO5S2. The molecule has 1 aliphatic heterocycles. The summed E-state index contributed by atoms with van der Waals surface area (Å²) < 4.78 is 48.1.